The molecule has 0 aliphatic carbocycles. The number of hydrogen-bond acceptors (Lipinski definition) is 4. The minimum absolute atomic E-state index is 0.237. The van der Waals surface area contributed by atoms with Crippen molar-refractivity contribution in [3.05, 3.63) is 28.8 Å². The Morgan fingerprint density at radius 3 is 2.94 bits per heavy atom. The fourth-order valence-corrected chi connectivity index (χ4v) is 2.05. The van der Waals surface area contributed by atoms with E-state index in [-0.39, 0.29) is 18.5 Å². The van der Waals surface area contributed by atoms with Crippen molar-refractivity contribution in [3.8, 4) is 5.75 Å². The van der Waals surface area contributed by atoms with E-state index in [1.807, 2.05) is 13.0 Å². The maximum absolute atomic E-state index is 11.7. The molecule has 90 valence electrons. The van der Waals surface area contributed by atoms with Gasteiger partial charge < -0.3 is 14.3 Å². The third kappa shape index (κ3) is 2.16. The molecule has 0 saturated heterocycles. The number of cyclic esters (lactones) is 1. The summed E-state index contributed by atoms with van der Waals surface area (Å²) in [4.78, 5) is 22.2. The summed E-state index contributed by atoms with van der Waals surface area (Å²) < 4.78 is 10.4. The highest BCUT2D eigenvalue weighted by molar-refractivity contribution is 5.93. The van der Waals surface area contributed by atoms with E-state index in [9.17, 15) is 9.59 Å². The maximum atomic E-state index is 11.7. The average molecular weight is 234 g/mol. The first kappa shape index (κ1) is 11.6. The molecule has 1 unspecified atom stereocenters. The normalized spacial score (nSPS) is 18.2. The van der Waals surface area contributed by atoms with Gasteiger partial charge in [-0.2, -0.15) is 0 Å². The zero-order valence-corrected chi connectivity index (χ0v) is 9.86. The van der Waals surface area contributed by atoms with E-state index in [0.29, 0.717) is 12.0 Å². The Kier molecular flexibility index (Phi) is 3.13. The molecule has 0 fully saturated rings. The summed E-state index contributed by atoms with van der Waals surface area (Å²) in [6.45, 7) is 1.88. The highest BCUT2D eigenvalue weighted by Crippen LogP contribution is 2.28. The second-order valence-electron chi connectivity index (χ2n) is 4.11. The summed E-state index contributed by atoms with van der Waals surface area (Å²) in [7, 11) is 1.60. The highest BCUT2D eigenvalue weighted by atomic mass is 16.5. The fraction of sp³-hybridized carbons (Fsp3) is 0.385. The minimum atomic E-state index is -0.358. The number of methoxy groups -OCH3 is 1. The van der Waals surface area contributed by atoms with Crippen molar-refractivity contribution in [3.63, 3.8) is 0 Å². The number of fused-ring (bicyclic) bond motifs is 1. The number of esters is 1. The van der Waals surface area contributed by atoms with Crippen molar-refractivity contribution in [2.45, 2.75) is 25.9 Å². The third-order valence-electron chi connectivity index (χ3n) is 2.92. The van der Waals surface area contributed by atoms with Gasteiger partial charge >= 0.3 is 5.97 Å². The molecule has 0 aromatic heterocycles. The molecule has 4 nitrogen and oxygen atoms in total. The number of carbonyl (C=O) groups is 2. The number of aryl methyl sites for hydroxylation is 1. The summed E-state index contributed by atoms with van der Waals surface area (Å²) in [6.07, 6.45) is 1.23. The van der Waals surface area contributed by atoms with Crippen LogP contribution in [0.2, 0.25) is 0 Å². The Balaban J connectivity index is 2.39. The molecule has 0 radical (unpaired) electrons. The molecule has 0 N–H and O–H groups in total. The molecule has 0 spiro atoms. The average Bonchev–Trinajstić information content (AvgIpc) is 2.30. The molecule has 1 atom stereocenters. The van der Waals surface area contributed by atoms with Crippen LogP contribution in [0.25, 0.3) is 0 Å². The summed E-state index contributed by atoms with van der Waals surface area (Å²) in [6, 6.07) is 3.62. The first-order chi connectivity index (χ1) is 8.15. The van der Waals surface area contributed by atoms with Crippen LogP contribution < -0.4 is 4.74 Å². The Morgan fingerprint density at radius 1 is 1.53 bits per heavy atom. The van der Waals surface area contributed by atoms with Crippen molar-refractivity contribution in [1.82, 2.24) is 0 Å². The third-order valence-corrected chi connectivity index (χ3v) is 2.92. The Bertz CT molecular complexity index is 465. The lowest BCUT2D eigenvalue weighted by atomic mass is 9.95. The van der Waals surface area contributed by atoms with E-state index >= 15 is 0 Å². The SMILES string of the molecule is COc1cc2c(cc1C)C(=O)OC(CC=O)C2. The molecule has 4 heteroatoms. The second-order valence-corrected chi connectivity index (χ2v) is 4.11. The van der Waals surface area contributed by atoms with Crippen molar-refractivity contribution in [2.75, 3.05) is 7.11 Å². The summed E-state index contributed by atoms with van der Waals surface area (Å²) >= 11 is 0. The van der Waals surface area contributed by atoms with E-state index in [1.165, 1.54) is 0 Å². The van der Waals surface area contributed by atoms with Gasteiger partial charge in [0.25, 0.3) is 0 Å². The van der Waals surface area contributed by atoms with Gasteiger partial charge in [0, 0.05) is 12.8 Å². The van der Waals surface area contributed by atoms with Crippen molar-refractivity contribution >= 4 is 12.3 Å². The number of hydrogen-bond donors (Lipinski definition) is 0. The Hall–Kier alpha value is -1.84. The number of ether oxygens (including phenoxy) is 2. The fourth-order valence-electron chi connectivity index (χ4n) is 2.05. The first-order valence-electron chi connectivity index (χ1n) is 5.48. The second kappa shape index (κ2) is 4.57. The molecular weight excluding hydrogens is 220 g/mol. The Labute approximate surface area is 99.5 Å². The molecule has 1 aliphatic rings. The summed E-state index contributed by atoms with van der Waals surface area (Å²) in [5.41, 5.74) is 2.36. The molecule has 1 aliphatic heterocycles. The van der Waals surface area contributed by atoms with E-state index in [2.05, 4.69) is 0 Å². The molecule has 0 saturated carbocycles. The van der Waals surface area contributed by atoms with Gasteiger partial charge in [0.15, 0.2) is 0 Å². The molecule has 1 aromatic rings. The zero-order valence-electron chi connectivity index (χ0n) is 9.86. The molecule has 17 heavy (non-hydrogen) atoms. The Morgan fingerprint density at radius 2 is 2.29 bits per heavy atom. The van der Waals surface area contributed by atoms with Gasteiger partial charge in [-0.1, -0.05) is 0 Å². The quantitative estimate of drug-likeness (QED) is 0.589. The van der Waals surface area contributed by atoms with Gasteiger partial charge in [-0.3, -0.25) is 0 Å². The number of aldehydes is 1. The largest absolute Gasteiger partial charge is 0.496 e. The van der Waals surface area contributed by atoms with Crippen LogP contribution >= 0.6 is 0 Å². The number of benzene rings is 1. The molecule has 2 rings (SSSR count). The van der Waals surface area contributed by atoms with Crippen LogP contribution in [0.4, 0.5) is 0 Å². The predicted molar refractivity (Wildman–Crippen MR) is 61.3 cm³/mol. The molecule has 0 bridgehead atoms. The lowest BCUT2D eigenvalue weighted by Crippen LogP contribution is -2.28. The number of carbonyl (C=O) groups excluding carboxylic acids is 2. The maximum Gasteiger partial charge on any atom is 0.338 e. The van der Waals surface area contributed by atoms with Crippen LogP contribution in [0.1, 0.15) is 27.9 Å². The predicted octanol–water partition coefficient (Wildman–Crippen LogP) is 1.67. The first-order valence-corrected chi connectivity index (χ1v) is 5.48. The molecule has 0 amide bonds. The van der Waals surface area contributed by atoms with E-state index in [1.54, 1.807) is 13.2 Å². The van der Waals surface area contributed by atoms with Gasteiger partial charge in [0.05, 0.1) is 12.7 Å². The van der Waals surface area contributed by atoms with Crippen molar-refractivity contribution in [1.29, 1.82) is 0 Å². The van der Waals surface area contributed by atoms with Gasteiger partial charge in [0.2, 0.25) is 0 Å². The topological polar surface area (TPSA) is 52.6 Å². The van der Waals surface area contributed by atoms with Crippen LogP contribution in [0.5, 0.6) is 5.75 Å². The monoisotopic (exact) mass is 234 g/mol. The summed E-state index contributed by atoms with van der Waals surface area (Å²) in [5.74, 6) is 0.396. The highest BCUT2D eigenvalue weighted by Gasteiger charge is 2.27. The minimum Gasteiger partial charge on any atom is -0.496 e. The van der Waals surface area contributed by atoms with E-state index < -0.39 is 0 Å². The molecule has 1 aromatic carbocycles. The summed E-state index contributed by atoms with van der Waals surface area (Å²) in [5, 5.41) is 0. The van der Waals surface area contributed by atoms with Gasteiger partial charge in [0.1, 0.15) is 18.1 Å². The van der Waals surface area contributed by atoms with Crippen LogP contribution in [-0.4, -0.2) is 25.5 Å². The van der Waals surface area contributed by atoms with E-state index in [0.717, 1.165) is 23.2 Å². The van der Waals surface area contributed by atoms with Gasteiger partial charge in [-0.15, -0.1) is 0 Å². The van der Waals surface area contributed by atoms with Crippen LogP contribution in [0.15, 0.2) is 12.1 Å². The standard InChI is InChI=1S/C13H14O4/c1-8-5-11-9(7-12(8)16-2)6-10(3-4-14)17-13(11)15/h4-5,7,10H,3,6H2,1-2H3. The van der Waals surface area contributed by atoms with Crippen LogP contribution in [-0.2, 0) is 16.0 Å². The van der Waals surface area contributed by atoms with E-state index in [4.69, 9.17) is 9.47 Å². The molecule has 1 heterocycles. The molecular formula is C13H14O4. The van der Waals surface area contributed by atoms with Crippen molar-refractivity contribution < 1.29 is 19.1 Å². The lowest BCUT2D eigenvalue weighted by Gasteiger charge is -2.24. The van der Waals surface area contributed by atoms with Crippen molar-refractivity contribution in [2.24, 2.45) is 0 Å². The van der Waals surface area contributed by atoms with Crippen LogP contribution in [0.3, 0.4) is 0 Å². The smallest absolute Gasteiger partial charge is 0.338 e. The number of rotatable bonds is 3. The van der Waals surface area contributed by atoms with Crippen LogP contribution in [0, 0.1) is 6.92 Å². The lowest BCUT2D eigenvalue weighted by molar-refractivity contribution is -0.109. The van der Waals surface area contributed by atoms with Gasteiger partial charge in [-0.25, -0.2) is 4.79 Å². The zero-order chi connectivity index (χ0) is 12.4. The van der Waals surface area contributed by atoms with Gasteiger partial charge in [-0.05, 0) is 30.2 Å².